The first-order valence-corrected chi connectivity index (χ1v) is 7.93. The number of carbonyl (C=O) groups is 1. The van der Waals surface area contributed by atoms with E-state index in [1.807, 2.05) is 25.7 Å². The van der Waals surface area contributed by atoms with Gasteiger partial charge in [-0.2, -0.15) is 0 Å². The highest BCUT2D eigenvalue weighted by atomic mass is 16.6. The quantitative estimate of drug-likeness (QED) is 0.819. The van der Waals surface area contributed by atoms with Crippen LogP contribution in [0.25, 0.3) is 0 Å². The summed E-state index contributed by atoms with van der Waals surface area (Å²) in [4.78, 5) is 14.1. The van der Waals surface area contributed by atoms with Crippen LogP contribution >= 0.6 is 0 Å². The van der Waals surface area contributed by atoms with E-state index in [2.05, 4.69) is 12.2 Å². The zero-order valence-electron chi connectivity index (χ0n) is 14.4. The van der Waals surface area contributed by atoms with E-state index >= 15 is 0 Å². The van der Waals surface area contributed by atoms with Gasteiger partial charge in [0.1, 0.15) is 5.60 Å². The van der Waals surface area contributed by atoms with E-state index in [-0.39, 0.29) is 18.2 Å². The number of likely N-dealkylation sites (tertiary alicyclic amines) is 1. The Morgan fingerprint density at radius 3 is 2.52 bits per heavy atom. The fourth-order valence-electron chi connectivity index (χ4n) is 2.56. The predicted molar refractivity (Wildman–Crippen MR) is 84.3 cm³/mol. The summed E-state index contributed by atoms with van der Waals surface area (Å²) in [5.74, 6) is 0. The lowest BCUT2D eigenvalue weighted by molar-refractivity contribution is 0.0209. The van der Waals surface area contributed by atoms with E-state index in [9.17, 15) is 9.90 Å². The van der Waals surface area contributed by atoms with Gasteiger partial charge in [0, 0.05) is 25.2 Å². The molecule has 0 bridgehead atoms. The number of aliphatic hydroxyl groups is 1. The minimum absolute atomic E-state index is 0.209. The zero-order valence-corrected chi connectivity index (χ0v) is 14.4. The molecule has 1 amide bonds. The zero-order chi connectivity index (χ0) is 16.3. The van der Waals surface area contributed by atoms with Crippen molar-refractivity contribution in [3.05, 3.63) is 0 Å². The third-order valence-electron chi connectivity index (χ3n) is 3.51. The van der Waals surface area contributed by atoms with Crippen molar-refractivity contribution in [2.75, 3.05) is 13.1 Å². The first-order chi connectivity index (χ1) is 9.48. The molecule has 5 nitrogen and oxygen atoms in total. The average Bonchev–Trinajstić information content (AvgIpc) is 2.71. The lowest BCUT2D eigenvalue weighted by Crippen LogP contribution is -2.44. The van der Waals surface area contributed by atoms with Crippen LogP contribution in [-0.2, 0) is 4.74 Å². The average molecular weight is 300 g/mol. The van der Waals surface area contributed by atoms with Gasteiger partial charge in [-0.15, -0.1) is 0 Å². The van der Waals surface area contributed by atoms with Crippen LogP contribution in [0, 0.1) is 0 Å². The highest BCUT2D eigenvalue weighted by Gasteiger charge is 2.33. The third kappa shape index (κ3) is 7.14. The van der Waals surface area contributed by atoms with Gasteiger partial charge in [-0.1, -0.05) is 0 Å². The maximum absolute atomic E-state index is 12.2. The third-order valence-corrected chi connectivity index (χ3v) is 3.51. The maximum Gasteiger partial charge on any atom is 0.410 e. The fraction of sp³-hybridized carbons (Fsp3) is 0.938. The molecule has 1 saturated heterocycles. The Morgan fingerprint density at radius 1 is 1.38 bits per heavy atom. The standard InChI is InChI=1S/C16H32N2O3/c1-12(17-11-16(5,6)20)10-13-8-7-9-18(13)14(19)21-15(2,3)4/h12-13,17,20H,7-11H2,1-6H3. The lowest BCUT2D eigenvalue weighted by atomic mass is 10.0. The molecule has 21 heavy (non-hydrogen) atoms. The van der Waals surface area contributed by atoms with E-state index in [0.29, 0.717) is 6.54 Å². The molecule has 1 aliphatic heterocycles. The van der Waals surface area contributed by atoms with Gasteiger partial charge in [0.05, 0.1) is 5.60 Å². The summed E-state index contributed by atoms with van der Waals surface area (Å²) < 4.78 is 5.47. The molecule has 2 unspecified atom stereocenters. The van der Waals surface area contributed by atoms with Gasteiger partial charge in [-0.25, -0.2) is 4.79 Å². The van der Waals surface area contributed by atoms with Gasteiger partial charge < -0.3 is 20.1 Å². The molecule has 1 fully saturated rings. The normalized spacial score (nSPS) is 21.5. The summed E-state index contributed by atoms with van der Waals surface area (Å²) in [6.45, 7) is 12.7. The molecule has 2 N–H and O–H groups in total. The summed E-state index contributed by atoms with van der Waals surface area (Å²) in [6.07, 6.45) is 2.73. The number of hydrogen-bond acceptors (Lipinski definition) is 4. The van der Waals surface area contributed by atoms with Crippen LogP contribution in [0.5, 0.6) is 0 Å². The number of amides is 1. The minimum atomic E-state index is -0.714. The Labute approximate surface area is 129 Å². The van der Waals surface area contributed by atoms with Crippen molar-refractivity contribution in [3.8, 4) is 0 Å². The van der Waals surface area contributed by atoms with Crippen molar-refractivity contribution >= 4 is 6.09 Å². The number of nitrogens with one attached hydrogen (secondary N) is 1. The largest absolute Gasteiger partial charge is 0.444 e. The van der Waals surface area contributed by atoms with Gasteiger partial charge in [0.25, 0.3) is 0 Å². The molecule has 5 heteroatoms. The van der Waals surface area contributed by atoms with Crippen LogP contribution in [-0.4, -0.2) is 52.5 Å². The van der Waals surface area contributed by atoms with Gasteiger partial charge in [-0.3, -0.25) is 0 Å². The van der Waals surface area contributed by atoms with Crippen molar-refractivity contribution in [1.29, 1.82) is 0 Å². The Bertz CT molecular complexity index is 344. The topological polar surface area (TPSA) is 61.8 Å². The van der Waals surface area contributed by atoms with E-state index < -0.39 is 11.2 Å². The smallest absolute Gasteiger partial charge is 0.410 e. The summed E-state index contributed by atoms with van der Waals surface area (Å²) in [7, 11) is 0. The predicted octanol–water partition coefficient (Wildman–Crippen LogP) is 2.53. The first kappa shape index (κ1) is 18.2. The van der Waals surface area contributed by atoms with Crippen molar-refractivity contribution < 1.29 is 14.6 Å². The van der Waals surface area contributed by atoms with Crippen LogP contribution in [0.15, 0.2) is 0 Å². The maximum atomic E-state index is 12.2. The molecule has 2 atom stereocenters. The second kappa shape index (κ2) is 6.97. The second-order valence-electron chi connectivity index (χ2n) is 7.80. The molecular formula is C16H32N2O3. The minimum Gasteiger partial charge on any atom is -0.444 e. The molecule has 124 valence electrons. The van der Waals surface area contributed by atoms with Crippen molar-refractivity contribution in [2.24, 2.45) is 0 Å². The molecule has 0 saturated carbocycles. The first-order valence-electron chi connectivity index (χ1n) is 7.93. The second-order valence-corrected chi connectivity index (χ2v) is 7.80. The summed E-state index contributed by atoms with van der Waals surface area (Å²) in [6, 6.07) is 0.480. The van der Waals surface area contributed by atoms with Crippen molar-refractivity contribution in [2.45, 2.75) is 84.1 Å². The van der Waals surface area contributed by atoms with Gasteiger partial charge in [0.2, 0.25) is 0 Å². The lowest BCUT2D eigenvalue weighted by Gasteiger charge is -2.30. The van der Waals surface area contributed by atoms with Crippen LogP contribution < -0.4 is 5.32 Å². The molecule has 0 radical (unpaired) electrons. The number of rotatable bonds is 5. The molecule has 1 aliphatic rings. The Morgan fingerprint density at radius 2 is 2.00 bits per heavy atom. The fourth-order valence-corrected chi connectivity index (χ4v) is 2.56. The SMILES string of the molecule is CC(CC1CCCN1C(=O)OC(C)(C)C)NCC(C)(C)O. The Balaban J connectivity index is 2.48. The van der Waals surface area contributed by atoms with Crippen LogP contribution in [0.1, 0.15) is 60.8 Å². The molecule has 0 spiro atoms. The Hall–Kier alpha value is -0.810. The van der Waals surface area contributed by atoms with E-state index in [4.69, 9.17) is 4.74 Å². The van der Waals surface area contributed by atoms with Gasteiger partial charge >= 0.3 is 6.09 Å². The monoisotopic (exact) mass is 300 g/mol. The molecule has 1 heterocycles. The van der Waals surface area contributed by atoms with Crippen molar-refractivity contribution in [3.63, 3.8) is 0 Å². The van der Waals surface area contributed by atoms with Gasteiger partial charge in [0.15, 0.2) is 0 Å². The molecule has 0 aromatic heterocycles. The number of nitrogens with zero attached hydrogens (tertiary/aromatic N) is 1. The van der Waals surface area contributed by atoms with E-state index in [1.54, 1.807) is 13.8 Å². The highest BCUT2D eigenvalue weighted by Crippen LogP contribution is 2.24. The van der Waals surface area contributed by atoms with Gasteiger partial charge in [-0.05, 0) is 60.8 Å². The molecule has 1 rings (SSSR count). The van der Waals surface area contributed by atoms with Crippen LogP contribution in [0.3, 0.4) is 0 Å². The van der Waals surface area contributed by atoms with E-state index in [1.165, 1.54) is 0 Å². The molecule has 0 aromatic carbocycles. The number of carbonyl (C=O) groups excluding carboxylic acids is 1. The van der Waals surface area contributed by atoms with Crippen LogP contribution in [0.2, 0.25) is 0 Å². The summed E-state index contributed by atoms with van der Waals surface area (Å²) in [5, 5.41) is 13.1. The molecular weight excluding hydrogens is 268 g/mol. The molecule has 0 aromatic rings. The summed E-state index contributed by atoms with van der Waals surface area (Å²) in [5.41, 5.74) is -1.16. The van der Waals surface area contributed by atoms with Crippen molar-refractivity contribution in [1.82, 2.24) is 10.2 Å². The van der Waals surface area contributed by atoms with Crippen LogP contribution in [0.4, 0.5) is 4.79 Å². The number of ether oxygens (including phenoxy) is 1. The molecule has 0 aliphatic carbocycles. The highest BCUT2D eigenvalue weighted by molar-refractivity contribution is 5.68. The Kier molecular flexibility index (Phi) is 6.05. The summed E-state index contributed by atoms with van der Waals surface area (Å²) >= 11 is 0. The van der Waals surface area contributed by atoms with E-state index in [0.717, 1.165) is 25.8 Å². The number of hydrogen-bond donors (Lipinski definition) is 2.